The predicted molar refractivity (Wildman–Crippen MR) is 110 cm³/mol. The summed E-state index contributed by atoms with van der Waals surface area (Å²) < 4.78 is 54.6. The Bertz CT molecular complexity index is 1230. The quantitative estimate of drug-likeness (QED) is 0.633. The van der Waals surface area contributed by atoms with Crippen LogP contribution in [0.4, 0.5) is 14.6 Å². The highest BCUT2D eigenvalue weighted by atomic mass is 32.2. The van der Waals surface area contributed by atoms with E-state index in [4.69, 9.17) is 0 Å². The molecule has 5 rings (SSSR count). The van der Waals surface area contributed by atoms with Gasteiger partial charge in [-0.05, 0) is 31.0 Å². The fourth-order valence-corrected chi connectivity index (χ4v) is 4.90. The Kier molecular flexibility index (Phi) is 4.51. The van der Waals surface area contributed by atoms with Crippen LogP contribution in [0.1, 0.15) is 18.9 Å². The largest absolute Gasteiger partial charge is 0.352 e. The molecule has 30 heavy (non-hydrogen) atoms. The predicted octanol–water partition coefficient (Wildman–Crippen LogP) is 2.79. The number of sulfonamides is 1. The van der Waals surface area contributed by atoms with Gasteiger partial charge in [-0.25, -0.2) is 17.2 Å². The third kappa shape index (κ3) is 3.43. The molecule has 0 bridgehead atoms. The first-order valence-electron chi connectivity index (χ1n) is 9.84. The van der Waals surface area contributed by atoms with Gasteiger partial charge in [-0.15, -0.1) is 5.10 Å². The van der Waals surface area contributed by atoms with E-state index in [2.05, 4.69) is 14.8 Å². The van der Waals surface area contributed by atoms with E-state index < -0.39 is 21.7 Å². The molecule has 1 saturated carbocycles. The van der Waals surface area contributed by atoms with Crippen molar-refractivity contribution in [1.82, 2.24) is 19.1 Å². The van der Waals surface area contributed by atoms with Gasteiger partial charge in [-0.1, -0.05) is 0 Å². The summed E-state index contributed by atoms with van der Waals surface area (Å²) in [4.78, 5) is 2.00. The van der Waals surface area contributed by atoms with Gasteiger partial charge in [0.2, 0.25) is 10.0 Å². The van der Waals surface area contributed by atoms with E-state index in [0.29, 0.717) is 42.9 Å². The summed E-state index contributed by atoms with van der Waals surface area (Å²) in [6.07, 6.45) is 4.85. The summed E-state index contributed by atoms with van der Waals surface area (Å²) >= 11 is 0. The molecule has 0 spiro atoms. The second kappa shape index (κ2) is 6.98. The number of halogens is 2. The molecule has 1 aromatic carbocycles. The summed E-state index contributed by atoms with van der Waals surface area (Å²) in [7, 11) is -3.21. The number of nitrogens with zero attached hydrogens (tertiary/aromatic N) is 5. The van der Waals surface area contributed by atoms with Crippen LogP contribution >= 0.6 is 0 Å². The summed E-state index contributed by atoms with van der Waals surface area (Å²) in [6, 6.07) is 6.51. The maximum absolute atomic E-state index is 13.9. The average Bonchev–Trinajstić information content (AvgIpc) is 3.50. The zero-order valence-corrected chi connectivity index (χ0v) is 17.2. The number of hydrogen-bond acceptors (Lipinski definition) is 5. The fraction of sp³-hybridized carbons (Fsp3) is 0.400. The Morgan fingerprint density at radius 1 is 1.00 bits per heavy atom. The summed E-state index contributed by atoms with van der Waals surface area (Å²) in [6.45, 7) is 1.83. The van der Waals surface area contributed by atoms with E-state index in [-0.39, 0.29) is 6.04 Å². The average molecular weight is 433 g/mol. The second-order valence-electron chi connectivity index (χ2n) is 7.91. The van der Waals surface area contributed by atoms with Crippen LogP contribution < -0.4 is 4.90 Å². The molecule has 2 aromatic heterocycles. The lowest BCUT2D eigenvalue weighted by Crippen LogP contribution is -2.48. The van der Waals surface area contributed by atoms with Crippen molar-refractivity contribution in [3.8, 4) is 11.3 Å². The number of aromatic nitrogens is 3. The van der Waals surface area contributed by atoms with Gasteiger partial charge < -0.3 is 9.47 Å². The van der Waals surface area contributed by atoms with Gasteiger partial charge in [-0.3, -0.25) is 0 Å². The first-order valence-corrected chi connectivity index (χ1v) is 11.7. The zero-order chi connectivity index (χ0) is 21.0. The van der Waals surface area contributed by atoms with Crippen LogP contribution in [-0.4, -0.2) is 59.9 Å². The highest BCUT2D eigenvalue weighted by molar-refractivity contribution is 7.88. The van der Waals surface area contributed by atoms with Gasteiger partial charge in [0.15, 0.2) is 17.5 Å². The van der Waals surface area contributed by atoms with Crippen LogP contribution in [0.25, 0.3) is 22.2 Å². The molecule has 0 unspecified atom stereocenters. The standard InChI is InChI=1S/C20H21F2N5O2S/c1-30(28,29)26-6-4-25(5-7-26)20-10-14(12-23-24-20)18-9-13-8-16(21)17(22)11-19(13)27(18)15-2-3-15/h8-12,15H,2-7H2,1H3. The van der Waals surface area contributed by atoms with Crippen LogP contribution in [0.15, 0.2) is 30.5 Å². The molecule has 158 valence electrons. The Morgan fingerprint density at radius 3 is 2.37 bits per heavy atom. The Balaban J connectivity index is 1.50. The zero-order valence-electron chi connectivity index (χ0n) is 16.4. The molecule has 3 aromatic rings. The Labute approximate surface area is 173 Å². The molecule has 10 heteroatoms. The van der Waals surface area contributed by atoms with Gasteiger partial charge in [0.05, 0.1) is 23.7 Å². The number of anilines is 1. The van der Waals surface area contributed by atoms with Crippen molar-refractivity contribution in [2.45, 2.75) is 18.9 Å². The molecule has 0 N–H and O–H groups in total. The normalized spacial score (nSPS) is 18.3. The van der Waals surface area contributed by atoms with E-state index in [1.54, 1.807) is 6.20 Å². The summed E-state index contributed by atoms with van der Waals surface area (Å²) in [5.74, 6) is -1.06. The lowest BCUT2D eigenvalue weighted by atomic mass is 10.2. The van der Waals surface area contributed by atoms with Crippen molar-refractivity contribution in [1.29, 1.82) is 0 Å². The van der Waals surface area contributed by atoms with Gasteiger partial charge in [0.25, 0.3) is 0 Å². The van der Waals surface area contributed by atoms with Crippen molar-refractivity contribution in [2.75, 3.05) is 37.3 Å². The van der Waals surface area contributed by atoms with E-state index in [9.17, 15) is 17.2 Å². The minimum absolute atomic E-state index is 0.261. The summed E-state index contributed by atoms with van der Waals surface area (Å²) in [5, 5.41) is 9.02. The molecule has 2 fully saturated rings. The van der Waals surface area contributed by atoms with E-state index in [1.165, 1.54) is 22.7 Å². The maximum Gasteiger partial charge on any atom is 0.211 e. The SMILES string of the molecule is CS(=O)(=O)N1CCN(c2cc(-c3cc4cc(F)c(F)cc4n3C3CC3)cnn2)CC1. The van der Waals surface area contributed by atoms with Crippen molar-refractivity contribution in [3.63, 3.8) is 0 Å². The fourth-order valence-electron chi connectivity index (χ4n) is 4.07. The molecule has 7 nitrogen and oxygen atoms in total. The van der Waals surface area contributed by atoms with Gasteiger partial charge in [0.1, 0.15) is 0 Å². The lowest BCUT2D eigenvalue weighted by Gasteiger charge is -2.33. The summed E-state index contributed by atoms with van der Waals surface area (Å²) in [5.41, 5.74) is 2.34. The molecule has 0 radical (unpaired) electrons. The van der Waals surface area contributed by atoms with Gasteiger partial charge in [-0.2, -0.15) is 9.40 Å². The number of fused-ring (bicyclic) bond motifs is 1. The Hall–Kier alpha value is -2.59. The van der Waals surface area contributed by atoms with Crippen LogP contribution in [0.3, 0.4) is 0 Å². The van der Waals surface area contributed by atoms with Crippen LogP contribution in [0.5, 0.6) is 0 Å². The molecular formula is C20H21F2N5O2S. The highest BCUT2D eigenvalue weighted by Gasteiger charge is 2.29. The first-order chi connectivity index (χ1) is 14.3. The topological polar surface area (TPSA) is 71.3 Å². The number of piperazine rings is 1. The first kappa shape index (κ1) is 19.4. The van der Waals surface area contributed by atoms with Crippen molar-refractivity contribution in [2.24, 2.45) is 0 Å². The third-order valence-electron chi connectivity index (χ3n) is 5.76. The van der Waals surface area contributed by atoms with Crippen molar-refractivity contribution >= 4 is 26.7 Å². The van der Waals surface area contributed by atoms with Gasteiger partial charge in [0, 0.05) is 49.2 Å². The lowest BCUT2D eigenvalue weighted by molar-refractivity contribution is 0.386. The molecule has 3 heterocycles. The van der Waals surface area contributed by atoms with Crippen LogP contribution in [0.2, 0.25) is 0 Å². The van der Waals surface area contributed by atoms with E-state index in [1.807, 2.05) is 17.0 Å². The second-order valence-corrected chi connectivity index (χ2v) is 9.89. The molecule has 0 amide bonds. The minimum Gasteiger partial charge on any atom is -0.352 e. The van der Waals surface area contributed by atoms with Crippen molar-refractivity contribution in [3.05, 3.63) is 42.1 Å². The highest BCUT2D eigenvalue weighted by Crippen LogP contribution is 2.43. The number of hydrogen-bond donors (Lipinski definition) is 0. The molecule has 1 aliphatic heterocycles. The van der Waals surface area contributed by atoms with Crippen LogP contribution in [-0.2, 0) is 10.0 Å². The van der Waals surface area contributed by atoms with E-state index >= 15 is 0 Å². The van der Waals surface area contributed by atoms with Crippen molar-refractivity contribution < 1.29 is 17.2 Å². The monoisotopic (exact) mass is 433 g/mol. The molecule has 1 aliphatic carbocycles. The van der Waals surface area contributed by atoms with E-state index in [0.717, 1.165) is 24.1 Å². The minimum atomic E-state index is -3.21. The number of rotatable bonds is 4. The molecule has 2 aliphatic rings. The third-order valence-corrected chi connectivity index (χ3v) is 7.07. The maximum atomic E-state index is 13.9. The van der Waals surface area contributed by atoms with Gasteiger partial charge >= 0.3 is 0 Å². The molecule has 1 saturated heterocycles. The number of benzene rings is 1. The smallest absolute Gasteiger partial charge is 0.211 e. The molecular weight excluding hydrogens is 412 g/mol. The molecule has 0 atom stereocenters. The Morgan fingerprint density at radius 2 is 1.70 bits per heavy atom. The van der Waals surface area contributed by atoms with Crippen LogP contribution in [0, 0.1) is 11.6 Å².